The molecular weight excluding hydrogens is 330 g/mol. The number of hydrogen-bond donors (Lipinski definition) is 1. The summed E-state index contributed by atoms with van der Waals surface area (Å²) in [6, 6.07) is 8.06. The van der Waals surface area contributed by atoms with E-state index in [1.54, 1.807) is 4.68 Å². The van der Waals surface area contributed by atoms with E-state index in [-0.39, 0.29) is 0 Å². The van der Waals surface area contributed by atoms with Gasteiger partial charge in [-0.3, -0.25) is 14.3 Å². The molecule has 0 radical (unpaired) electrons. The van der Waals surface area contributed by atoms with Gasteiger partial charge in [0.1, 0.15) is 5.82 Å². The number of nitrogens with zero attached hydrogens (tertiary/aromatic N) is 4. The van der Waals surface area contributed by atoms with E-state index in [1.165, 1.54) is 5.56 Å². The molecule has 0 unspecified atom stereocenters. The second-order valence-electron chi connectivity index (χ2n) is 6.00. The van der Waals surface area contributed by atoms with Crippen LogP contribution >= 0.6 is 23.8 Å². The van der Waals surface area contributed by atoms with Crippen LogP contribution in [0.4, 0.5) is 0 Å². The van der Waals surface area contributed by atoms with Crippen molar-refractivity contribution < 1.29 is 0 Å². The van der Waals surface area contributed by atoms with Crippen LogP contribution in [0.2, 0.25) is 5.02 Å². The van der Waals surface area contributed by atoms with E-state index < -0.39 is 0 Å². The number of hydrogen-bond acceptors (Lipinski definition) is 3. The Kier molecular flexibility index (Phi) is 3.39. The zero-order valence-corrected chi connectivity index (χ0v) is 14.4. The van der Waals surface area contributed by atoms with Gasteiger partial charge in [0.2, 0.25) is 0 Å². The van der Waals surface area contributed by atoms with Crippen molar-refractivity contribution in [3.63, 3.8) is 0 Å². The Morgan fingerprint density at radius 2 is 2.00 bits per heavy atom. The number of nitrogens with one attached hydrogen (secondary N) is 1. The van der Waals surface area contributed by atoms with Crippen LogP contribution in [0.25, 0.3) is 5.69 Å². The number of rotatable bonds is 3. The number of halogens is 1. The van der Waals surface area contributed by atoms with Gasteiger partial charge in [-0.2, -0.15) is 10.2 Å². The average Bonchev–Trinajstić information content (AvgIpc) is 3.11. The van der Waals surface area contributed by atoms with Crippen LogP contribution in [-0.4, -0.2) is 24.5 Å². The minimum atomic E-state index is 0.365. The summed E-state index contributed by atoms with van der Waals surface area (Å²) in [4.78, 5) is 0. The summed E-state index contributed by atoms with van der Waals surface area (Å²) in [5.41, 5.74) is 3.22. The summed E-state index contributed by atoms with van der Waals surface area (Å²) in [5, 5.41) is 12.6. The van der Waals surface area contributed by atoms with Gasteiger partial charge in [0.25, 0.3) is 0 Å². The normalized spacial score (nSPS) is 20.0. The Hall–Kier alpha value is -1.92. The van der Waals surface area contributed by atoms with Crippen molar-refractivity contribution in [2.45, 2.75) is 25.2 Å². The number of aromatic amines is 1. The van der Waals surface area contributed by atoms with Crippen molar-refractivity contribution >= 4 is 23.8 Å². The molecule has 0 aliphatic heterocycles. The molecule has 118 valence electrons. The molecule has 0 amide bonds. The first-order valence-corrected chi connectivity index (χ1v) is 8.26. The molecule has 5 nitrogen and oxygen atoms in total. The molecule has 0 saturated heterocycles. The highest BCUT2D eigenvalue weighted by Gasteiger charge is 2.43. The lowest BCUT2D eigenvalue weighted by Gasteiger charge is -2.05. The van der Waals surface area contributed by atoms with Crippen LogP contribution in [0.1, 0.15) is 35.3 Å². The van der Waals surface area contributed by atoms with Gasteiger partial charge in [0, 0.05) is 24.2 Å². The van der Waals surface area contributed by atoms with E-state index >= 15 is 0 Å². The highest BCUT2D eigenvalue weighted by atomic mass is 35.5. The minimum Gasteiger partial charge on any atom is -0.273 e. The van der Waals surface area contributed by atoms with Crippen LogP contribution in [0.15, 0.2) is 30.5 Å². The summed E-state index contributed by atoms with van der Waals surface area (Å²) in [6.45, 7) is 1.98. The predicted octanol–water partition coefficient (Wildman–Crippen LogP) is 3.90. The fourth-order valence-corrected chi connectivity index (χ4v) is 3.52. The van der Waals surface area contributed by atoms with Gasteiger partial charge in [0.05, 0.1) is 11.4 Å². The van der Waals surface area contributed by atoms with Crippen molar-refractivity contribution in [3.05, 3.63) is 57.3 Å². The van der Waals surface area contributed by atoms with Crippen LogP contribution in [0.5, 0.6) is 0 Å². The van der Waals surface area contributed by atoms with Gasteiger partial charge in [-0.1, -0.05) is 23.7 Å². The molecule has 1 saturated carbocycles. The molecule has 2 atom stereocenters. The number of H-pyrrole nitrogens is 1. The zero-order valence-electron chi connectivity index (χ0n) is 12.8. The number of aryl methyl sites for hydroxylation is 2. The highest BCUT2D eigenvalue weighted by molar-refractivity contribution is 7.71. The molecule has 3 aromatic rings. The van der Waals surface area contributed by atoms with Gasteiger partial charge >= 0.3 is 0 Å². The Bertz CT molecular complexity index is 921. The van der Waals surface area contributed by atoms with E-state index in [4.69, 9.17) is 23.8 Å². The van der Waals surface area contributed by atoms with Gasteiger partial charge in [0.15, 0.2) is 4.77 Å². The fourth-order valence-electron chi connectivity index (χ4n) is 3.16. The molecule has 0 bridgehead atoms. The topological polar surface area (TPSA) is 51.4 Å². The average molecular weight is 346 g/mol. The van der Waals surface area contributed by atoms with Gasteiger partial charge in [-0.15, -0.1) is 0 Å². The van der Waals surface area contributed by atoms with Gasteiger partial charge in [-0.05, 0) is 49.2 Å². The SMILES string of the molecule is Cc1nn(C)cc1-n1c([C@@H]2C[C@H]2c2ccc(Cl)cc2)n[nH]c1=S. The maximum absolute atomic E-state index is 5.97. The van der Waals surface area contributed by atoms with Gasteiger partial charge < -0.3 is 0 Å². The summed E-state index contributed by atoms with van der Waals surface area (Å²) in [6.07, 6.45) is 3.05. The maximum atomic E-state index is 5.97. The number of aromatic nitrogens is 5. The Morgan fingerprint density at radius 3 is 2.65 bits per heavy atom. The second-order valence-corrected chi connectivity index (χ2v) is 6.82. The summed E-state index contributed by atoms with van der Waals surface area (Å²) >= 11 is 11.4. The lowest BCUT2D eigenvalue weighted by molar-refractivity contribution is 0.756. The first-order chi connectivity index (χ1) is 11.0. The van der Waals surface area contributed by atoms with Crippen molar-refractivity contribution in [1.82, 2.24) is 24.5 Å². The fraction of sp³-hybridized carbons (Fsp3) is 0.312. The molecule has 1 N–H and O–H groups in total. The first-order valence-electron chi connectivity index (χ1n) is 7.48. The lowest BCUT2D eigenvalue weighted by atomic mass is 10.1. The van der Waals surface area contributed by atoms with Crippen LogP contribution in [0.3, 0.4) is 0 Å². The molecule has 2 aromatic heterocycles. The van der Waals surface area contributed by atoms with Crippen molar-refractivity contribution in [3.8, 4) is 5.69 Å². The van der Waals surface area contributed by atoms with E-state index in [9.17, 15) is 0 Å². The molecular formula is C16H16ClN5S. The third kappa shape index (κ3) is 2.52. The molecule has 1 aliphatic carbocycles. The third-order valence-electron chi connectivity index (χ3n) is 4.35. The molecule has 7 heteroatoms. The predicted molar refractivity (Wildman–Crippen MR) is 91.8 cm³/mol. The quantitative estimate of drug-likeness (QED) is 0.732. The molecule has 1 aliphatic rings. The molecule has 23 heavy (non-hydrogen) atoms. The monoisotopic (exact) mass is 345 g/mol. The van der Waals surface area contributed by atoms with Crippen molar-refractivity contribution in [2.75, 3.05) is 0 Å². The van der Waals surface area contributed by atoms with Crippen LogP contribution in [-0.2, 0) is 7.05 Å². The van der Waals surface area contributed by atoms with Gasteiger partial charge in [-0.25, -0.2) is 0 Å². The second kappa shape index (κ2) is 5.32. The van der Waals surface area contributed by atoms with Crippen LogP contribution < -0.4 is 0 Å². The summed E-state index contributed by atoms with van der Waals surface area (Å²) < 4.78 is 4.42. The summed E-state index contributed by atoms with van der Waals surface area (Å²) in [5.74, 6) is 1.81. The molecule has 4 rings (SSSR count). The van der Waals surface area contributed by atoms with Crippen LogP contribution in [0, 0.1) is 11.7 Å². The smallest absolute Gasteiger partial charge is 0.199 e. The first kappa shape index (κ1) is 14.7. The van der Waals surface area contributed by atoms with E-state index in [0.29, 0.717) is 16.6 Å². The van der Waals surface area contributed by atoms with E-state index in [2.05, 4.69) is 27.4 Å². The molecule has 1 fully saturated rings. The highest BCUT2D eigenvalue weighted by Crippen LogP contribution is 2.54. The molecule has 0 spiro atoms. The van der Waals surface area contributed by atoms with Crippen molar-refractivity contribution in [2.24, 2.45) is 7.05 Å². The third-order valence-corrected chi connectivity index (χ3v) is 4.87. The number of benzene rings is 1. The standard InChI is InChI=1S/C16H16ClN5S/c1-9-14(8-21(2)20-9)22-15(18-19-16(22)23)13-7-12(13)10-3-5-11(17)6-4-10/h3-6,8,12-13H,7H2,1-2H3,(H,19,23)/t12-,13+/m0/s1. The maximum Gasteiger partial charge on any atom is 0.199 e. The zero-order chi connectivity index (χ0) is 16.1. The largest absolute Gasteiger partial charge is 0.273 e. The molecule has 1 aromatic carbocycles. The Morgan fingerprint density at radius 1 is 1.26 bits per heavy atom. The van der Waals surface area contributed by atoms with E-state index in [0.717, 1.165) is 28.6 Å². The summed E-state index contributed by atoms with van der Waals surface area (Å²) in [7, 11) is 1.91. The van der Waals surface area contributed by atoms with Crippen molar-refractivity contribution in [1.29, 1.82) is 0 Å². The Labute approximate surface area is 143 Å². The molecule has 2 heterocycles. The van der Waals surface area contributed by atoms with E-state index in [1.807, 2.05) is 36.9 Å². The Balaban J connectivity index is 1.71. The minimum absolute atomic E-state index is 0.365. The lowest BCUT2D eigenvalue weighted by Crippen LogP contribution is -2.01.